The average molecular weight is 438 g/mol. The summed E-state index contributed by atoms with van der Waals surface area (Å²) in [6, 6.07) is 18.0. The normalized spacial score (nSPS) is 16.9. The monoisotopic (exact) mass is 438 g/mol. The van der Waals surface area contributed by atoms with Gasteiger partial charge in [0.05, 0.1) is 15.4 Å². The number of carbonyl (C=O) groups excluding carboxylic acids is 1. The molecule has 3 aromatic rings. The maximum atomic E-state index is 12.8. The number of thioether (sulfide) groups is 1. The minimum Gasteiger partial charge on any atom is -0.478 e. The number of fused-ring (bicyclic) bond motifs is 1. The van der Waals surface area contributed by atoms with Crippen molar-refractivity contribution in [3.8, 4) is 0 Å². The first-order valence-corrected chi connectivity index (χ1v) is 11.0. The van der Waals surface area contributed by atoms with Crippen LogP contribution in [0, 0.1) is 0 Å². The van der Waals surface area contributed by atoms with E-state index in [4.69, 9.17) is 5.11 Å². The van der Waals surface area contributed by atoms with Crippen LogP contribution in [0.15, 0.2) is 80.9 Å². The largest absolute Gasteiger partial charge is 0.478 e. The molecular formula is C21H14N2O5S2. The first-order valence-electron chi connectivity index (χ1n) is 8.70. The van der Waals surface area contributed by atoms with E-state index in [1.807, 2.05) is 18.2 Å². The van der Waals surface area contributed by atoms with Crippen molar-refractivity contribution in [3.05, 3.63) is 82.8 Å². The smallest absolute Gasteiger partial charge is 0.335 e. The molecule has 1 fully saturated rings. The zero-order chi connectivity index (χ0) is 21.3. The predicted octanol–water partition coefficient (Wildman–Crippen LogP) is 3.49. The van der Waals surface area contributed by atoms with E-state index in [9.17, 15) is 18.0 Å². The lowest BCUT2D eigenvalue weighted by molar-refractivity contribution is -0.115. The first-order chi connectivity index (χ1) is 14.3. The Morgan fingerprint density at radius 1 is 1.00 bits per heavy atom. The van der Waals surface area contributed by atoms with Gasteiger partial charge in [0.1, 0.15) is 0 Å². The molecule has 1 saturated heterocycles. The lowest BCUT2D eigenvalue weighted by atomic mass is 10.1. The zero-order valence-electron chi connectivity index (χ0n) is 15.3. The standard InChI is InChI=1S/C21H14N2O5S2/c24-19-17(12-13-8-10-15(11-9-13)20(25)26)29-21(22-19)23-30(27,28)18-7-3-5-14-4-1-2-6-16(14)18/h1-12H,(H,25,26)(H,22,23,24). The van der Waals surface area contributed by atoms with E-state index < -0.39 is 21.9 Å². The molecule has 0 radical (unpaired) electrons. The molecule has 0 spiro atoms. The number of aromatic carboxylic acids is 1. The van der Waals surface area contributed by atoms with E-state index in [1.54, 1.807) is 36.4 Å². The van der Waals surface area contributed by atoms with Crippen molar-refractivity contribution in [3.63, 3.8) is 0 Å². The fraction of sp³-hybridized carbons (Fsp3) is 0. The number of amidine groups is 1. The molecule has 0 saturated carbocycles. The van der Waals surface area contributed by atoms with Gasteiger partial charge in [0, 0.05) is 5.39 Å². The van der Waals surface area contributed by atoms with E-state index in [-0.39, 0.29) is 20.5 Å². The van der Waals surface area contributed by atoms with Crippen LogP contribution in [0.25, 0.3) is 16.8 Å². The highest BCUT2D eigenvalue weighted by Crippen LogP contribution is 2.29. The molecule has 4 rings (SSSR count). The quantitative estimate of drug-likeness (QED) is 0.603. The number of carbonyl (C=O) groups is 2. The molecule has 1 aliphatic heterocycles. The van der Waals surface area contributed by atoms with Gasteiger partial charge in [-0.05, 0) is 47.0 Å². The summed E-state index contributed by atoms with van der Waals surface area (Å²) in [6.45, 7) is 0. The second-order valence-corrected chi connectivity index (χ2v) is 8.94. The molecule has 0 bridgehead atoms. The summed E-state index contributed by atoms with van der Waals surface area (Å²) < 4.78 is 29.5. The number of sulfonamides is 1. The van der Waals surface area contributed by atoms with Crippen LogP contribution in [0.2, 0.25) is 0 Å². The maximum Gasteiger partial charge on any atom is 0.335 e. The maximum absolute atomic E-state index is 12.8. The third-order valence-corrected chi connectivity index (χ3v) is 6.70. The van der Waals surface area contributed by atoms with Crippen LogP contribution in [0.4, 0.5) is 0 Å². The van der Waals surface area contributed by atoms with Gasteiger partial charge < -0.3 is 5.11 Å². The van der Waals surface area contributed by atoms with Gasteiger partial charge in [0.25, 0.3) is 15.9 Å². The van der Waals surface area contributed by atoms with Gasteiger partial charge in [-0.2, -0.15) is 8.42 Å². The Kier molecular flexibility index (Phi) is 5.15. The summed E-state index contributed by atoms with van der Waals surface area (Å²) >= 11 is 0.906. The molecule has 0 aromatic heterocycles. The molecule has 150 valence electrons. The number of nitrogens with zero attached hydrogens (tertiary/aromatic N) is 1. The second-order valence-electron chi connectivity index (χ2n) is 6.34. The van der Waals surface area contributed by atoms with Gasteiger partial charge in [0.2, 0.25) is 0 Å². The van der Waals surface area contributed by atoms with E-state index in [0.717, 1.165) is 17.1 Å². The number of amides is 1. The van der Waals surface area contributed by atoms with Crippen molar-refractivity contribution in [1.29, 1.82) is 0 Å². The van der Waals surface area contributed by atoms with Crippen molar-refractivity contribution >= 4 is 55.7 Å². The molecule has 1 amide bonds. The van der Waals surface area contributed by atoms with Gasteiger partial charge in [-0.1, -0.05) is 48.5 Å². The molecule has 1 aliphatic rings. The van der Waals surface area contributed by atoms with Crippen molar-refractivity contribution in [1.82, 2.24) is 5.32 Å². The van der Waals surface area contributed by atoms with E-state index >= 15 is 0 Å². The Bertz CT molecular complexity index is 1340. The third-order valence-electron chi connectivity index (χ3n) is 4.34. The van der Waals surface area contributed by atoms with Crippen LogP contribution in [-0.2, 0) is 14.8 Å². The predicted molar refractivity (Wildman–Crippen MR) is 116 cm³/mol. The molecule has 30 heavy (non-hydrogen) atoms. The topological polar surface area (TPSA) is 113 Å². The summed E-state index contributed by atoms with van der Waals surface area (Å²) in [4.78, 5) is 23.5. The van der Waals surface area contributed by atoms with Crippen molar-refractivity contribution in [2.45, 2.75) is 4.90 Å². The Morgan fingerprint density at radius 3 is 2.43 bits per heavy atom. The molecule has 3 aromatic carbocycles. The average Bonchev–Trinajstić information content (AvgIpc) is 3.05. The van der Waals surface area contributed by atoms with Gasteiger partial charge in [0.15, 0.2) is 5.17 Å². The first kappa shape index (κ1) is 19.9. The molecule has 0 aliphatic carbocycles. The number of carboxylic acids is 1. The third kappa shape index (κ3) is 3.98. The summed E-state index contributed by atoms with van der Waals surface area (Å²) in [5, 5.41) is 12.7. The van der Waals surface area contributed by atoms with E-state index in [1.165, 1.54) is 18.2 Å². The highest BCUT2D eigenvalue weighted by Gasteiger charge is 2.27. The lowest BCUT2D eigenvalue weighted by Crippen LogP contribution is -2.20. The molecule has 0 unspecified atom stereocenters. The van der Waals surface area contributed by atoms with Crippen molar-refractivity contribution in [2.75, 3.05) is 0 Å². The summed E-state index contributed by atoms with van der Waals surface area (Å²) in [5.74, 6) is -1.52. The number of benzene rings is 3. The van der Waals surface area contributed by atoms with Crippen LogP contribution in [0.3, 0.4) is 0 Å². The van der Waals surface area contributed by atoms with E-state index in [2.05, 4.69) is 9.71 Å². The highest BCUT2D eigenvalue weighted by atomic mass is 32.2. The van der Waals surface area contributed by atoms with Crippen LogP contribution >= 0.6 is 11.8 Å². The minimum atomic E-state index is -4.05. The summed E-state index contributed by atoms with van der Waals surface area (Å²) in [6.07, 6.45) is 1.54. The zero-order valence-corrected chi connectivity index (χ0v) is 16.9. The van der Waals surface area contributed by atoms with E-state index in [0.29, 0.717) is 10.9 Å². The lowest BCUT2D eigenvalue weighted by Gasteiger charge is -2.04. The summed E-state index contributed by atoms with van der Waals surface area (Å²) in [5.41, 5.74) is 0.736. The Morgan fingerprint density at radius 2 is 1.70 bits per heavy atom. The highest BCUT2D eigenvalue weighted by molar-refractivity contribution is 8.19. The van der Waals surface area contributed by atoms with Crippen LogP contribution in [-0.4, -0.2) is 30.6 Å². The van der Waals surface area contributed by atoms with Gasteiger partial charge in [-0.3, -0.25) is 10.1 Å². The van der Waals surface area contributed by atoms with Gasteiger partial charge in [-0.15, -0.1) is 4.40 Å². The number of carboxylic acid groups (broad SMARTS) is 1. The Hall–Kier alpha value is -3.43. The number of rotatable bonds is 4. The fourth-order valence-electron chi connectivity index (χ4n) is 2.92. The van der Waals surface area contributed by atoms with Crippen LogP contribution in [0.1, 0.15) is 15.9 Å². The van der Waals surface area contributed by atoms with Crippen molar-refractivity contribution in [2.24, 2.45) is 4.40 Å². The number of hydrogen-bond donors (Lipinski definition) is 2. The molecule has 0 atom stereocenters. The number of nitrogens with one attached hydrogen (secondary N) is 1. The minimum absolute atomic E-state index is 0.0404. The second kappa shape index (κ2) is 7.77. The molecule has 7 nitrogen and oxygen atoms in total. The molecular weight excluding hydrogens is 424 g/mol. The number of hydrogen-bond acceptors (Lipinski definition) is 5. The molecule has 1 heterocycles. The SMILES string of the molecule is O=C1N/C(=N\S(=O)(=O)c2cccc3ccccc23)SC1=Cc1ccc(C(=O)O)cc1. The molecule has 2 N–H and O–H groups in total. The molecule has 9 heteroatoms. The van der Waals surface area contributed by atoms with Crippen molar-refractivity contribution < 1.29 is 23.1 Å². The van der Waals surface area contributed by atoms with Crippen LogP contribution in [0.5, 0.6) is 0 Å². The van der Waals surface area contributed by atoms with Crippen LogP contribution < -0.4 is 5.32 Å². The Labute approximate surface area is 176 Å². The van der Waals surface area contributed by atoms with Gasteiger partial charge >= 0.3 is 5.97 Å². The van der Waals surface area contributed by atoms with Gasteiger partial charge in [-0.25, -0.2) is 4.79 Å². The summed E-state index contributed by atoms with van der Waals surface area (Å²) in [7, 11) is -4.05. The Balaban J connectivity index is 1.63. The fourth-order valence-corrected chi connectivity index (χ4v) is 5.13.